The van der Waals surface area contributed by atoms with Gasteiger partial charge in [-0.15, -0.1) is 0 Å². The molecule has 0 aliphatic heterocycles. The molecule has 124 valence electrons. The van der Waals surface area contributed by atoms with E-state index in [0.717, 1.165) is 22.5 Å². The average Bonchev–Trinajstić information content (AvgIpc) is 3.29. The maximum absolute atomic E-state index is 5.43. The lowest BCUT2D eigenvalue weighted by atomic mass is 10.2. The Morgan fingerprint density at radius 3 is 2.76 bits per heavy atom. The van der Waals surface area contributed by atoms with Gasteiger partial charge >= 0.3 is 0 Å². The van der Waals surface area contributed by atoms with Crippen LogP contribution in [0.1, 0.15) is 5.69 Å². The first kappa shape index (κ1) is 15.1. The molecule has 1 aromatic carbocycles. The van der Waals surface area contributed by atoms with Gasteiger partial charge in [0.2, 0.25) is 11.7 Å². The van der Waals surface area contributed by atoms with E-state index in [1.165, 1.54) is 0 Å². The zero-order valence-electron chi connectivity index (χ0n) is 13.7. The first-order valence-electron chi connectivity index (χ1n) is 7.71. The van der Waals surface area contributed by atoms with Crippen LogP contribution in [0.3, 0.4) is 0 Å². The predicted molar refractivity (Wildman–Crippen MR) is 91.4 cm³/mol. The number of hydrogen-bond acceptors (Lipinski definition) is 6. The Hall–Kier alpha value is -3.48. The molecule has 3 aromatic heterocycles. The second-order valence-corrected chi connectivity index (χ2v) is 5.42. The normalized spacial score (nSPS) is 10.8. The number of aryl methyl sites for hydroxylation is 1. The molecule has 0 aliphatic carbocycles. The predicted octanol–water partition coefficient (Wildman–Crippen LogP) is 3.30. The summed E-state index contributed by atoms with van der Waals surface area (Å²) in [4.78, 5) is 8.56. The molecule has 0 saturated carbocycles. The Morgan fingerprint density at radius 1 is 1.12 bits per heavy atom. The maximum Gasteiger partial charge on any atom is 0.261 e. The zero-order chi connectivity index (χ0) is 17.2. The third-order valence-corrected chi connectivity index (χ3v) is 3.78. The largest absolute Gasteiger partial charge is 0.481 e. The van der Waals surface area contributed by atoms with E-state index in [1.54, 1.807) is 30.1 Å². The minimum absolute atomic E-state index is 0.422. The van der Waals surface area contributed by atoms with E-state index in [9.17, 15) is 0 Å². The Morgan fingerprint density at radius 2 is 1.96 bits per heavy atom. The van der Waals surface area contributed by atoms with Crippen LogP contribution in [0.15, 0.2) is 59.4 Å². The molecule has 0 fully saturated rings. The lowest BCUT2D eigenvalue weighted by Gasteiger charge is -1.98. The van der Waals surface area contributed by atoms with Crippen molar-refractivity contribution in [3.63, 3.8) is 0 Å². The number of para-hydroxylation sites is 1. The van der Waals surface area contributed by atoms with Crippen LogP contribution in [0.5, 0.6) is 5.88 Å². The fourth-order valence-corrected chi connectivity index (χ4v) is 2.49. The fourth-order valence-electron chi connectivity index (χ4n) is 2.49. The van der Waals surface area contributed by atoms with Crippen LogP contribution < -0.4 is 4.74 Å². The molecule has 0 unspecified atom stereocenters. The molecular formula is C18H15N5O2. The molecule has 25 heavy (non-hydrogen) atoms. The summed E-state index contributed by atoms with van der Waals surface area (Å²) in [7, 11) is 1.56. The van der Waals surface area contributed by atoms with Gasteiger partial charge in [0, 0.05) is 24.0 Å². The summed E-state index contributed by atoms with van der Waals surface area (Å²) in [5, 5.41) is 8.58. The second-order valence-electron chi connectivity index (χ2n) is 5.42. The van der Waals surface area contributed by atoms with Gasteiger partial charge in [-0.05, 0) is 25.1 Å². The summed E-state index contributed by atoms with van der Waals surface area (Å²) >= 11 is 0. The van der Waals surface area contributed by atoms with E-state index in [4.69, 9.17) is 9.26 Å². The summed E-state index contributed by atoms with van der Waals surface area (Å²) in [6.45, 7) is 1.91. The number of methoxy groups -OCH3 is 1. The fraction of sp³-hybridized carbons (Fsp3) is 0.111. The number of pyridine rings is 1. The van der Waals surface area contributed by atoms with Gasteiger partial charge in [0.25, 0.3) is 5.89 Å². The zero-order valence-corrected chi connectivity index (χ0v) is 13.7. The molecule has 0 bridgehead atoms. The molecule has 7 heteroatoms. The number of nitrogens with zero attached hydrogens (tertiary/aromatic N) is 5. The van der Waals surface area contributed by atoms with Crippen LogP contribution in [0.2, 0.25) is 0 Å². The van der Waals surface area contributed by atoms with Gasteiger partial charge in [0.05, 0.1) is 24.1 Å². The molecule has 7 nitrogen and oxygen atoms in total. The Labute approximate surface area is 143 Å². The summed E-state index contributed by atoms with van der Waals surface area (Å²) in [6.07, 6.45) is 3.53. The first-order chi connectivity index (χ1) is 12.2. The number of ether oxygens (including phenoxy) is 1. The molecular weight excluding hydrogens is 318 g/mol. The smallest absolute Gasteiger partial charge is 0.261 e. The maximum atomic E-state index is 5.43. The van der Waals surface area contributed by atoms with E-state index in [0.29, 0.717) is 17.6 Å². The van der Waals surface area contributed by atoms with Crippen LogP contribution in [-0.2, 0) is 0 Å². The van der Waals surface area contributed by atoms with Gasteiger partial charge in [0.1, 0.15) is 0 Å². The van der Waals surface area contributed by atoms with Crippen molar-refractivity contribution in [2.24, 2.45) is 0 Å². The highest BCUT2D eigenvalue weighted by Crippen LogP contribution is 2.26. The van der Waals surface area contributed by atoms with Crippen LogP contribution >= 0.6 is 0 Å². The van der Waals surface area contributed by atoms with Gasteiger partial charge in [-0.2, -0.15) is 10.1 Å². The third kappa shape index (κ3) is 2.87. The third-order valence-electron chi connectivity index (χ3n) is 3.78. The molecule has 0 atom stereocenters. The van der Waals surface area contributed by atoms with E-state index in [-0.39, 0.29) is 0 Å². The first-order valence-corrected chi connectivity index (χ1v) is 7.71. The highest BCUT2D eigenvalue weighted by atomic mass is 16.5. The molecule has 0 N–H and O–H groups in total. The van der Waals surface area contributed by atoms with Crippen molar-refractivity contribution in [1.82, 2.24) is 24.9 Å². The van der Waals surface area contributed by atoms with Crippen LogP contribution in [0.4, 0.5) is 0 Å². The van der Waals surface area contributed by atoms with Crippen LogP contribution in [-0.4, -0.2) is 32.0 Å². The molecule has 0 spiro atoms. The average molecular weight is 333 g/mol. The number of benzene rings is 1. The molecule has 0 amide bonds. The van der Waals surface area contributed by atoms with Crippen LogP contribution in [0, 0.1) is 6.92 Å². The number of aromatic nitrogens is 5. The summed E-state index contributed by atoms with van der Waals surface area (Å²) in [5.41, 5.74) is 3.35. The molecule has 3 heterocycles. The van der Waals surface area contributed by atoms with Crippen molar-refractivity contribution in [3.8, 4) is 34.4 Å². The van der Waals surface area contributed by atoms with Gasteiger partial charge in [0.15, 0.2) is 0 Å². The minimum Gasteiger partial charge on any atom is -0.481 e. The lowest BCUT2D eigenvalue weighted by molar-refractivity contribution is 0.398. The summed E-state index contributed by atoms with van der Waals surface area (Å²) in [5.74, 6) is 1.39. The summed E-state index contributed by atoms with van der Waals surface area (Å²) < 4.78 is 12.4. The molecule has 0 aliphatic rings. The van der Waals surface area contributed by atoms with E-state index >= 15 is 0 Å². The van der Waals surface area contributed by atoms with E-state index in [2.05, 4.69) is 20.2 Å². The lowest BCUT2D eigenvalue weighted by Crippen LogP contribution is -1.93. The monoisotopic (exact) mass is 333 g/mol. The van der Waals surface area contributed by atoms with Crippen LogP contribution in [0.25, 0.3) is 28.5 Å². The highest BCUT2D eigenvalue weighted by molar-refractivity contribution is 5.61. The van der Waals surface area contributed by atoms with Gasteiger partial charge < -0.3 is 9.26 Å². The highest BCUT2D eigenvalue weighted by Gasteiger charge is 2.16. The van der Waals surface area contributed by atoms with Crippen molar-refractivity contribution in [2.75, 3.05) is 7.11 Å². The SMILES string of the molecule is COc1cc(-c2noc(-c3cn(-c4ccccc4)nc3C)n2)ccn1. The molecule has 4 aromatic rings. The van der Waals surface area contributed by atoms with Crippen molar-refractivity contribution >= 4 is 0 Å². The number of hydrogen-bond donors (Lipinski definition) is 0. The topological polar surface area (TPSA) is 78.9 Å². The van der Waals surface area contributed by atoms with E-state index < -0.39 is 0 Å². The van der Waals surface area contributed by atoms with E-state index in [1.807, 2.05) is 43.5 Å². The molecule has 0 radical (unpaired) electrons. The Balaban J connectivity index is 1.70. The molecule has 4 rings (SSSR count). The Kier molecular flexibility index (Phi) is 3.74. The summed E-state index contributed by atoms with van der Waals surface area (Å²) in [6, 6.07) is 13.4. The minimum atomic E-state index is 0.422. The van der Waals surface area contributed by atoms with Crippen molar-refractivity contribution in [1.29, 1.82) is 0 Å². The van der Waals surface area contributed by atoms with Gasteiger partial charge in [-0.1, -0.05) is 23.4 Å². The molecule has 0 saturated heterocycles. The quantitative estimate of drug-likeness (QED) is 0.570. The van der Waals surface area contributed by atoms with Crippen molar-refractivity contribution in [2.45, 2.75) is 6.92 Å². The number of rotatable bonds is 4. The standard InChI is InChI=1S/C18H15N5O2/c1-12-15(11-23(21-12)14-6-4-3-5-7-14)18-20-17(22-25-18)13-8-9-19-16(10-13)24-2/h3-11H,1-2H3. The van der Waals surface area contributed by atoms with Gasteiger partial charge in [-0.25, -0.2) is 9.67 Å². The van der Waals surface area contributed by atoms with Gasteiger partial charge in [-0.3, -0.25) is 0 Å². The Bertz CT molecular complexity index is 1010. The van der Waals surface area contributed by atoms with Crippen molar-refractivity contribution in [3.05, 3.63) is 60.6 Å². The van der Waals surface area contributed by atoms with Crippen molar-refractivity contribution < 1.29 is 9.26 Å². The second kappa shape index (κ2) is 6.20.